The first-order chi connectivity index (χ1) is 16.2. The van der Waals surface area contributed by atoms with Gasteiger partial charge in [0.05, 0.1) is 11.9 Å². The molecular formula is C26H35ClFN3O3. The van der Waals surface area contributed by atoms with Crippen molar-refractivity contribution in [2.45, 2.75) is 66.0 Å². The summed E-state index contributed by atoms with van der Waals surface area (Å²) in [6.07, 6.45) is 7.07. The fraction of sp³-hybridized carbons (Fsp3) is 0.500. The van der Waals surface area contributed by atoms with Gasteiger partial charge in [0.25, 0.3) is 17.4 Å². The Balaban J connectivity index is 2.61. The van der Waals surface area contributed by atoms with E-state index in [9.17, 15) is 18.8 Å². The Hall–Kier alpha value is -2.67. The third-order valence-electron chi connectivity index (χ3n) is 6.16. The van der Waals surface area contributed by atoms with Crippen molar-refractivity contribution in [2.75, 3.05) is 13.1 Å². The summed E-state index contributed by atoms with van der Waals surface area (Å²) in [5.74, 6) is -0.447. The molecule has 2 amide bonds. The number of rotatable bonds is 11. The number of fused-ring (bicyclic) bond motifs is 1. The molecule has 1 aliphatic heterocycles. The van der Waals surface area contributed by atoms with Crippen LogP contribution < -0.4 is 10.9 Å². The lowest BCUT2D eigenvalue weighted by Gasteiger charge is -2.40. The lowest BCUT2D eigenvalue weighted by Crippen LogP contribution is -2.50. The number of amides is 2. The number of carbonyl (C=O) groups excluding carboxylic acids is 2. The normalized spacial score (nSPS) is 18.5. The predicted octanol–water partition coefficient (Wildman–Crippen LogP) is 5.28. The van der Waals surface area contributed by atoms with Crippen LogP contribution in [0, 0.1) is 5.92 Å². The van der Waals surface area contributed by atoms with Crippen LogP contribution in [-0.2, 0) is 12.1 Å². The maximum Gasteiger partial charge on any atom is 0.272 e. The summed E-state index contributed by atoms with van der Waals surface area (Å²) >= 11 is 5.63. The Labute approximate surface area is 206 Å². The first-order valence-electron chi connectivity index (χ1n) is 11.8. The van der Waals surface area contributed by atoms with E-state index in [2.05, 4.69) is 5.32 Å². The molecule has 2 heterocycles. The quantitative estimate of drug-likeness (QED) is 0.428. The monoisotopic (exact) mass is 491 g/mol. The van der Waals surface area contributed by atoms with Gasteiger partial charge >= 0.3 is 0 Å². The van der Waals surface area contributed by atoms with Crippen molar-refractivity contribution in [3.05, 3.63) is 68.9 Å². The van der Waals surface area contributed by atoms with Crippen LogP contribution in [-0.4, -0.2) is 34.4 Å². The van der Waals surface area contributed by atoms with Crippen LogP contribution in [0.5, 0.6) is 0 Å². The van der Waals surface area contributed by atoms with Crippen LogP contribution in [0.1, 0.15) is 80.3 Å². The van der Waals surface area contributed by atoms with Gasteiger partial charge in [-0.1, -0.05) is 58.7 Å². The molecule has 6 nitrogen and oxygen atoms in total. The third-order valence-corrected chi connectivity index (χ3v) is 6.29. The van der Waals surface area contributed by atoms with Crippen LogP contribution in [0.3, 0.4) is 0 Å². The van der Waals surface area contributed by atoms with Crippen molar-refractivity contribution in [3.63, 3.8) is 0 Å². The fourth-order valence-electron chi connectivity index (χ4n) is 4.77. The number of nitrogens with zero attached hydrogens (tertiary/aromatic N) is 2. The van der Waals surface area contributed by atoms with E-state index in [0.29, 0.717) is 49.0 Å². The molecule has 1 atom stereocenters. The molecule has 1 aromatic rings. The van der Waals surface area contributed by atoms with Crippen molar-refractivity contribution in [3.8, 4) is 0 Å². The lowest BCUT2D eigenvalue weighted by atomic mass is 9.97. The molecule has 1 N–H and O–H groups in total. The number of nitrogens with one attached hydrogen (secondary N) is 1. The largest absolute Gasteiger partial charge is 0.348 e. The number of hydrogen-bond donors (Lipinski definition) is 1. The van der Waals surface area contributed by atoms with E-state index in [-0.39, 0.29) is 29.5 Å². The van der Waals surface area contributed by atoms with Gasteiger partial charge in [-0.3, -0.25) is 19.0 Å². The summed E-state index contributed by atoms with van der Waals surface area (Å²) in [5.41, 5.74) is 1.81. The number of carbonyl (C=O) groups is 2. The molecule has 2 rings (SSSR count). The zero-order chi connectivity index (χ0) is 25.5. The van der Waals surface area contributed by atoms with Crippen molar-refractivity contribution in [1.29, 1.82) is 0 Å². The highest BCUT2D eigenvalue weighted by Crippen LogP contribution is 2.40. The first-order valence-corrected chi connectivity index (χ1v) is 12.3. The van der Waals surface area contributed by atoms with Gasteiger partial charge < -0.3 is 10.2 Å². The fourth-order valence-corrected chi connectivity index (χ4v) is 4.93. The highest BCUT2D eigenvalue weighted by molar-refractivity contribution is 6.25. The minimum absolute atomic E-state index is 0.0795. The van der Waals surface area contributed by atoms with Crippen LogP contribution in [0.25, 0.3) is 0 Å². The topological polar surface area (TPSA) is 71.4 Å². The van der Waals surface area contributed by atoms with Gasteiger partial charge in [-0.25, -0.2) is 4.39 Å². The zero-order valence-electron chi connectivity index (χ0n) is 20.7. The number of aromatic nitrogens is 1. The summed E-state index contributed by atoms with van der Waals surface area (Å²) in [7, 11) is 0. The number of pyridine rings is 1. The molecule has 34 heavy (non-hydrogen) atoms. The summed E-state index contributed by atoms with van der Waals surface area (Å²) in [4.78, 5) is 42.1. The van der Waals surface area contributed by atoms with Crippen LogP contribution in [0.15, 0.2) is 46.5 Å². The minimum Gasteiger partial charge on any atom is -0.348 e. The molecule has 0 aromatic carbocycles. The molecule has 8 heteroatoms. The predicted molar refractivity (Wildman–Crippen MR) is 135 cm³/mol. The Kier molecular flexibility index (Phi) is 9.86. The Bertz CT molecular complexity index is 1060. The summed E-state index contributed by atoms with van der Waals surface area (Å²) in [5, 5.41) is 2.76. The van der Waals surface area contributed by atoms with Gasteiger partial charge in [-0.15, -0.1) is 0 Å². The van der Waals surface area contributed by atoms with Gasteiger partial charge in [0.15, 0.2) is 0 Å². The Morgan fingerprint density at radius 2 is 1.97 bits per heavy atom. The van der Waals surface area contributed by atoms with E-state index in [1.807, 2.05) is 39.5 Å². The standard InChI is InChI=1S/C26H35ClFN3O3/c1-6-12-26(8-3)30(17-18(4)5)25(34)23-20(7-2)21(15-22(32)31(23)26)24(33)29-16-19(11-13-27)10-9-14-28/h9-11,13-15,18H,6-8,12,16-17H2,1-5H3,(H,29,33)/b13-11+,14-9+,19-10+. The van der Waals surface area contributed by atoms with E-state index >= 15 is 0 Å². The lowest BCUT2D eigenvalue weighted by molar-refractivity contribution is 0.0217. The second-order valence-electron chi connectivity index (χ2n) is 8.84. The van der Waals surface area contributed by atoms with E-state index in [0.717, 1.165) is 6.42 Å². The Morgan fingerprint density at radius 3 is 2.50 bits per heavy atom. The van der Waals surface area contributed by atoms with Gasteiger partial charge in [0.1, 0.15) is 11.4 Å². The molecule has 186 valence electrons. The molecular weight excluding hydrogens is 457 g/mol. The maximum absolute atomic E-state index is 13.7. The average Bonchev–Trinajstić information content (AvgIpc) is 3.04. The minimum atomic E-state index is -0.735. The van der Waals surface area contributed by atoms with E-state index < -0.39 is 11.6 Å². The number of allylic oxidation sites excluding steroid dienone is 2. The molecule has 0 spiro atoms. The van der Waals surface area contributed by atoms with Crippen molar-refractivity contribution >= 4 is 23.4 Å². The second kappa shape index (κ2) is 12.2. The van der Waals surface area contributed by atoms with E-state index in [4.69, 9.17) is 11.6 Å². The molecule has 1 unspecified atom stereocenters. The first kappa shape index (κ1) is 27.6. The average molecular weight is 492 g/mol. The summed E-state index contributed by atoms with van der Waals surface area (Å²) in [6, 6.07) is 1.34. The Morgan fingerprint density at radius 1 is 1.26 bits per heavy atom. The highest BCUT2D eigenvalue weighted by Gasteiger charge is 2.49. The van der Waals surface area contributed by atoms with Crippen LogP contribution in [0.2, 0.25) is 0 Å². The third kappa shape index (κ3) is 5.35. The van der Waals surface area contributed by atoms with Gasteiger partial charge in [0.2, 0.25) is 0 Å². The SMILES string of the molecule is CCCC1(CC)N(CC(C)C)C(=O)c2c(CC)c(C(=O)NCC(/C=C/Cl)=C/C=C/F)cc(=O)n21. The molecule has 0 aliphatic carbocycles. The van der Waals surface area contributed by atoms with E-state index in [1.54, 1.807) is 4.57 Å². The summed E-state index contributed by atoms with van der Waals surface area (Å²) < 4.78 is 14.0. The molecule has 0 saturated carbocycles. The number of halogens is 2. The molecule has 0 radical (unpaired) electrons. The molecule has 0 saturated heterocycles. The van der Waals surface area contributed by atoms with Crippen molar-refractivity contribution in [1.82, 2.24) is 14.8 Å². The maximum atomic E-state index is 13.7. The zero-order valence-corrected chi connectivity index (χ0v) is 21.4. The van der Waals surface area contributed by atoms with Gasteiger partial charge in [-0.05, 0) is 48.5 Å². The van der Waals surface area contributed by atoms with Crippen LogP contribution in [0.4, 0.5) is 4.39 Å². The molecule has 1 aromatic heterocycles. The number of hydrogen-bond acceptors (Lipinski definition) is 3. The highest BCUT2D eigenvalue weighted by atomic mass is 35.5. The molecule has 0 bridgehead atoms. The second-order valence-corrected chi connectivity index (χ2v) is 9.10. The van der Waals surface area contributed by atoms with Gasteiger partial charge in [-0.2, -0.15) is 0 Å². The van der Waals surface area contributed by atoms with Gasteiger partial charge in [0, 0.05) is 24.7 Å². The van der Waals surface area contributed by atoms with Crippen LogP contribution >= 0.6 is 11.6 Å². The van der Waals surface area contributed by atoms with E-state index in [1.165, 1.54) is 29.8 Å². The smallest absolute Gasteiger partial charge is 0.272 e. The van der Waals surface area contributed by atoms with Crippen molar-refractivity contribution in [2.24, 2.45) is 5.92 Å². The molecule has 0 fully saturated rings. The summed E-state index contributed by atoms with van der Waals surface area (Å²) in [6.45, 7) is 10.6. The van der Waals surface area contributed by atoms with Crippen molar-refractivity contribution < 1.29 is 14.0 Å². The molecule has 1 aliphatic rings.